The zero-order chi connectivity index (χ0) is 57.7. The van der Waals surface area contributed by atoms with Crippen molar-refractivity contribution in [3.63, 3.8) is 0 Å². The Labute approximate surface area is 484 Å². The number of nitrogens with zero attached hydrogens (tertiary/aromatic N) is 2. The Hall–Kier alpha value is -6.62. The van der Waals surface area contributed by atoms with Crippen molar-refractivity contribution in [2.75, 3.05) is 28.0 Å². The number of rotatable bonds is 24. The van der Waals surface area contributed by atoms with Gasteiger partial charge in [0.25, 0.3) is 11.8 Å². The van der Waals surface area contributed by atoms with E-state index in [1.54, 1.807) is 46.6 Å². The van der Waals surface area contributed by atoms with Crippen LogP contribution in [0.5, 0.6) is 17.2 Å². The van der Waals surface area contributed by atoms with Gasteiger partial charge >= 0.3 is 0 Å². The van der Waals surface area contributed by atoms with Crippen LogP contribution in [0.1, 0.15) is 146 Å². The second kappa shape index (κ2) is 25.7. The summed E-state index contributed by atoms with van der Waals surface area (Å²) in [5.41, 5.74) is 9.23. The first-order valence-corrected chi connectivity index (χ1v) is 30.8. The fraction of sp³-hybridized carbons (Fsp3) is 0.446. The molecule has 81 heavy (non-hydrogen) atoms. The lowest BCUT2D eigenvalue weighted by atomic mass is 9.92. The maximum absolute atomic E-state index is 14.2. The number of ether oxygens (including phenoxy) is 3. The Balaban J connectivity index is 0.904. The number of aryl methyl sites for hydroxylation is 2. The molecule has 5 aromatic carbocycles. The van der Waals surface area contributed by atoms with E-state index in [9.17, 15) is 33.9 Å². The molecule has 5 atom stereocenters. The van der Waals surface area contributed by atoms with Crippen molar-refractivity contribution in [3.05, 3.63) is 141 Å². The minimum Gasteiger partial charge on any atom is -0.493 e. The summed E-state index contributed by atoms with van der Waals surface area (Å²) in [6.07, 6.45) is 5.03. The number of fused-ring (bicyclic) bond motifs is 8. The molecule has 4 heterocycles. The number of hydrogen-bond acceptors (Lipinski definition) is 12. The molecule has 14 nitrogen and oxygen atoms in total. The topological polar surface area (TPSA) is 181 Å². The van der Waals surface area contributed by atoms with E-state index < -0.39 is 18.1 Å². The highest BCUT2D eigenvalue weighted by Gasteiger charge is 2.42. The molecule has 0 saturated heterocycles. The van der Waals surface area contributed by atoms with E-state index in [0.717, 1.165) is 53.1 Å². The summed E-state index contributed by atoms with van der Waals surface area (Å²) in [5, 5.41) is 17.6. The first-order chi connectivity index (χ1) is 38.8. The minimum atomic E-state index is -0.792. The number of aliphatic hydroxyl groups is 1. The predicted octanol–water partition coefficient (Wildman–Crippen LogP) is 11.5. The normalized spacial score (nSPS) is 17.8. The number of amides is 4. The van der Waals surface area contributed by atoms with Gasteiger partial charge < -0.3 is 39.8 Å². The van der Waals surface area contributed by atoms with Crippen LogP contribution in [-0.2, 0) is 58.1 Å². The number of carbonyl (C=O) groups is 6. The molecule has 9 rings (SSSR count). The average Bonchev–Trinajstić information content (AvgIpc) is 3.28. The Bertz CT molecular complexity index is 3210. The average molecular weight is 1140 g/mol. The smallest absolute Gasteiger partial charge is 0.258 e. The Morgan fingerprint density at radius 1 is 0.765 bits per heavy atom. The molecule has 4 amide bonds. The van der Waals surface area contributed by atoms with Crippen molar-refractivity contribution < 1.29 is 48.1 Å². The standard InChI is InChI=1S/C65H76N4O10S2/c1-9-49(70)17-14-24-80-81-65(6,7)23-22-60(73)67-61(38(2)3)56(72)26-40(5)62(74)66-47-28-41(36-78-57-34-46-32-55(71)54-31-45-16-11-13-19-53(45)69(54)64(76)50(46)25-39(57)4)27-42(29-47)37-79-59-33-43-20-21-48-30-44-15-10-12-18-52(44)68(48)63(75)51(43)35-58(59)77-8/h10-13,15-16,18-19,25,27-29,33-35,38,40,48,54-55,61,71H,9,14,17,20-24,26,30-32,36-37H2,1-8H3,(H,66,74)(H,67,73)/t40-,48-,54+,55?,61+/m1/s1. The number of methoxy groups -OCH3 is 1. The van der Waals surface area contributed by atoms with E-state index in [4.69, 9.17) is 14.2 Å². The zero-order valence-electron chi connectivity index (χ0n) is 47.9. The molecule has 0 spiro atoms. The number of ketones is 2. The van der Waals surface area contributed by atoms with Gasteiger partial charge in [-0.25, -0.2) is 0 Å². The van der Waals surface area contributed by atoms with Gasteiger partial charge in [-0.2, -0.15) is 0 Å². The van der Waals surface area contributed by atoms with Crippen LogP contribution in [0.25, 0.3) is 0 Å². The molecule has 16 heteroatoms. The molecule has 428 valence electrons. The van der Waals surface area contributed by atoms with E-state index in [2.05, 4.69) is 30.5 Å². The van der Waals surface area contributed by atoms with Gasteiger partial charge in [-0.05, 0) is 159 Å². The van der Waals surface area contributed by atoms with E-state index >= 15 is 0 Å². The highest BCUT2D eigenvalue weighted by Crippen LogP contribution is 2.43. The second-order valence-corrected chi connectivity index (χ2v) is 26.2. The molecule has 3 N–H and O–H groups in total. The van der Waals surface area contributed by atoms with Gasteiger partial charge in [0, 0.05) is 82.8 Å². The highest BCUT2D eigenvalue weighted by atomic mass is 33.1. The lowest BCUT2D eigenvalue weighted by molar-refractivity contribution is -0.131. The number of hydrogen-bond donors (Lipinski definition) is 3. The summed E-state index contributed by atoms with van der Waals surface area (Å²) in [6.45, 7) is 13.5. The number of benzene rings is 5. The monoisotopic (exact) mass is 1140 g/mol. The van der Waals surface area contributed by atoms with Crippen molar-refractivity contribution in [2.24, 2.45) is 11.8 Å². The number of aliphatic hydroxyl groups excluding tert-OH is 1. The third kappa shape index (κ3) is 13.7. The molecule has 4 aliphatic rings. The molecule has 0 radical (unpaired) electrons. The Kier molecular flexibility index (Phi) is 18.7. The van der Waals surface area contributed by atoms with Crippen LogP contribution in [-0.4, -0.2) is 82.1 Å². The van der Waals surface area contributed by atoms with E-state index in [1.807, 2.05) is 111 Å². The first-order valence-electron chi connectivity index (χ1n) is 28.5. The van der Waals surface area contributed by atoms with Gasteiger partial charge in [0.15, 0.2) is 17.3 Å². The summed E-state index contributed by atoms with van der Waals surface area (Å²) in [4.78, 5) is 85.2. The summed E-state index contributed by atoms with van der Waals surface area (Å²) >= 11 is 0. The van der Waals surface area contributed by atoms with Gasteiger partial charge in [-0.3, -0.25) is 28.8 Å². The summed E-state index contributed by atoms with van der Waals surface area (Å²) in [6, 6.07) is 27.7. The molecular weight excluding hydrogens is 1060 g/mol. The van der Waals surface area contributed by atoms with Gasteiger partial charge in [-0.1, -0.05) is 85.7 Å². The van der Waals surface area contributed by atoms with E-state index in [1.165, 1.54) is 5.56 Å². The van der Waals surface area contributed by atoms with Crippen molar-refractivity contribution in [1.82, 2.24) is 5.32 Å². The fourth-order valence-electron chi connectivity index (χ4n) is 11.6. The van der Waals surface area contributed by atoms with Gasteiger partial charge in [0.1, 0.15) is 24.7 Å². The number of para-hydroxylation sites is 2. The number of anilines is 3. The van der Waals surface area contributed by atoms with Gasteiger partial charge in [0.05, 0.1) is 25.3 Å². The number of Topliss-reactive ketones (excluding diaryl/α,β-unsaturated/α-hetero) is 2. The van der Waals surface area contributed by atoms with Gasteiger partial charge in [-0.15, -0.1) is 0 Å². The molecule has 0 fully saturated rings. The maximum Gasteiger partial charge on any atom is 0.258 e. The van der Waals surface area contributed by atoms with Crippen LogP contribution in [0.4, 0.5) is 17.1 Å². The zero-order valence-corrected chi connectivity index (χ0v) is 49.5. The van der Waals surface area contributed by atoms with Crippen LogP contribution in [0.15, 0.2) is 91.0 Å². The molecule has 5 aromatic rings. The largest absolute Gasteiger partial charge is 0.493 e. The molecule has 4 aliphatic heterocycles. The quantitative estimate of drug-likeness (QED) is 0.0394. The molecule has 0 aliphatic carbocycles. The van der Waals surface area contributed by atoms with Crippen LogP contribution in [0, 0.1) is 18.8 Å². The van der Waals surface area contributed by atoms with E-state index in [0.29, 0.717) is 82.9 Å². The lowest BCUT2D eigenvalue weighted by Crippen LogP contribution is -2.45. The van der Waals surface area contributed by atoms with E-state index in [-0.39, 0.29) is 90.4 Å². The van der Waals surface area contributed by atoms with Crippen LogP contribution in [0.2, 0.25) is 0 Å². The number of carbonyl (C=O) groups excluding carboxylic acids is 6. The molecular formula is C65H76N4O10S2. The highest BCUT2D eigenvalue weighted by molar-refractivity contribution is 8.77. The SMILES string of the molecule is CCC(=O)CCCSSC(C)(C)CCC(=O)N[C@H](C(=O)C[C@@H](C)C(=O)Nc1cc(COc2cc3c(cc2C)C(=O)N2c4ccccc4C[C@H]2C(O)C3)cc(COc2cc3c(cc2OC)C(=O)N2c4ccccc4C[C@H]2CC3)c1)C(C)C. The Morgan fingerprint density at radius 2 is 1.41 bits per heavy atom. The third-order valence-electron chi connectivity index (χ3n) is 16.1. The molecule has 0 saturated carbocycles. The lowest BCUT2D eigenvalue weighted by Gasteiger charge is -2.26. The van der Waals surface area contributed by atoms with Crippen molar-refractivity contribution in [1.29, 1.82) is 0 Å². The molecule has 0 aromatic heterocycles. The minimum absolute atomic E-state index is 0.0531. The van der Waals surface area contributed by atoms with Gasteiger partial charge in [0.2, 0.25) is 11.8 Å². The van der Waals surface area contributed by atoms with Crippen LogP contribution in [0.3, 0.4) is 0 Å². The summed E-state index contributed by atoms with van der Waals surface area (Å²) in [5.74, 6) is 0.518. The second-order valence-electron chi connectivity index (χ2n) is 23.1. The van der Waals surface area contributed by atoms with Crippen molar-refractivity contribution >= 4 is 73.8 Å². The number of nitrogens with one attached hydrogen (secondary N) is 2. The van der Waals surface area contributed by atoms with Crippen LogP contribution < -0.4 is 34.6 Å². The predicted molar refractivity (Wildman–Crippen MR) is 321 cm³/mol. The summed E-state index contributed by atoms with van der Waals surface area (Å²) in [7, 11) is 4.97. The molecule has 0 bridgehead atoms. The molecule has 1 unspecified atom stereocenters. The van der Waals surface area contributed by atoms with Crippen molar-refractivity contribution in [3.8, 4) is 17.2 Å². The fourth-order valence-corrected chi connectivity index (χ4v) is 14.2. The van der Waals surface area contributed by atoms with Crippen molar-refractivity contribution in [2.45, 2.75) is 161 Å². The maximum atomic E-state index is 14.2. The van der Waals surface area contributed by atoms with Crippen LogP contribution >= 0.6 is 21.6 Å². The third-order valence-corrected chi connectivity index (χ3v) is 19.5. The Morgan fingerprint density at radius 3 is 2.10 bits per heavy atom. The first kappa shape index (κ1) is 59.0. The summed E-state index contributed by atoms with van der Waals surface area (Å²) < 4.78 is 18.8.